The van der Waals surface area contributed by atoms with E-state index in [1.54, 1.807) is 0 Å². The maximum absolute atomic E-state index is 12.1. The average molecular weight is 205 g/mol. The van der Waals surface area contributed by atoms with Crippen molar-refractivity contribution in [3.8, 4) is 0 Å². The van der Waals surface area contributed by atoms with Gasteiger partial charge >= 0.3 is 0 Å². The smallest absolute Gasteiger partial charge is 0.182 e. The lowest BCUT2D eigenvalue weighted by Gasteiger charge is -2.24. The molecule has 1 aromatic carbocycles. The number of Topliss-reactive ketones (excluding diaryl/α,β-unsaturated/α-hetero) is 1. The fourth-order valence-electron chi connectivity index (χ4n) is 1.67. The van der Waals surface area contributed by atoms with Crippen LogP contribution in [0.4, 0.5) is 0 Å². The van der Waals surface area contributed by atoms with Gasteiger partial charge in [0.05, 0.1) is 5.54 Å². The standard InChI is InChI=1S/C13H19NO/c1-5-14-13(3,4)12(15)11-8-6-7-10(2)9-11/h6-9,14H,5H2,1-4H3. The van der Waals surface area contributed by atoms with Crippen LogP contribution in [0.2, 0.25) is 0 Å². The van der Waals surface area contributed by atoms with E-state index < -0.39 is 5.54 Å². The number of carbonyl (C=O) groups excluding carboxylic acids is 1. The van der Waals surface area contributed by atoms with Crippen LogP contribution in [0.15, 0.2) is 24.3 Å². The maximum Gasteiger partial charge on any atom is 0.182 e. The Morgan fingerprint density at radius 3 is 2.60 bits per heavy atom. The fourth-order valence-corrected chi connectivity index (χ4v) is 1.67. The Morgan fingerprint density at radius 2 is 2.07 bits per heavy atom. The second kappa shape index (κ2) is 4.58. The van der Waals surface area contributed by atoms with Gasteiger partial charge in [-0.1, -0.05) is 30.7 Å². The molecule has 0 amide bonds. The zero-order valence-corrected chi connectivity index (χ0v) is 9.92. The number of hydrogen-bond acceptors (Lipinski definition) is 2. The number of nitrogens with one attached hydrogen (secondary N) is 1. The molecular weight excluding hydrogens is 186 g/mol. The van der Waals surface area contributed by atoms with E-state index in [1.165, 1.54) is 0 Å². The van der Waals surface area contributed by atoms with Gasteiger partial charge in [0.1, 0.15) is 0 Å². The molecule has 82 valence electrons. The van der Waals surface area contributed by atoms with E-state index in [-0.39, 0.29) is 5.78 Å². The lowest BCUT2D eigenvalue weighted by Crippen LogP contribution is -2.46. The average Bonchev–Trinajstić information content (AvgIpc) is 2.16. The van der Waals surface area contributed by atoms with Crippen LogP contribution < -0.4 is 5.32 Å². The van der Waals surface area contributed by atoms with Gasteiger partial charge in [-0.25, -0.2) is 0 Å². The second-order valence-electron chi connectivity index (χ2n) is 4.35. The molecule has 0 atom stereocenters. The van der Waals surface area contributed by atoms with Crippen LogP contribution in [0.1, 0.15) is 36.7 Å². The van der Waals surface area contributed by atoms with E-state index in [9.17, 15) is 4.79 Å². The highest BCUT2D eigenvalue weighted by atomic mass is 16.1. The molecule has 15 heavy (non-hydrogen) atoms. The van der Waals surface area contributed by atoms with Crippen molar-refractivity contribution < 1.29 is 4.79 Å². The molecule has 0 fully saturated rings. The molecule has 0 spiro atoms. The van der Waals surface area contributed by atoms with Crippen molar-refractivity contribution in [3.05, 3.63) is 35.4 Å². The lowest BCUT2D eigenvalue weighted by atomic mass is 9.92. The Bertz CT molecular complexity index is 355. The van der Waals surface area contributed by atoms with E-state index in [1.807, 2.05) is 52.0 Å². The summed E-state index contributed by atoms with van der Waals surface area (Å²) in [5, 5.41) is 3.19. The molecule has 2 heteroatoms. The number of likely N-dealkylation sites (N-methyl/N-ethyl adjacent to an activating group) is 1. The third kappa shape index (κ3) is 2.90. The number of ketones is 1. The van der Waals surface area contributed by atoms with Crippen molar-refractivity contribution in [1.82, 2.24) is 5.32 Å². The molecule has 1 N–H and O–H groups in total. The maximum atomic E-state index is 12.1. The van der Waals surface area contributed by atoms with Crippen LogP contribution in [0, 0.1) is 6.92 Å². The minimum atomic E-state index is -0.484. The molecule has 0 aromatic heterocycles. The van der Waals surface area contributed by atoms with Gasteiger partial charge in [-0.05, 0) is 33.4 Å². The number of hydrogen-bond donors (Lipinski definition) is 1. The first kappa shape index (κ1) is 11.9. The van der Waals surface area contributed by atoms with E-state index >= 15 is 0 Å². The first-order chi connectivity index (χ1) is 6.97. The molecule has 0 heterocycles. The third-order valence-electron chi connectivity index (χ3n) is 2.47. The first-order valence-corrected chi connectivity index (χ1v) is 5.34. The number of rotatable bonds is 4. The highest BCUT2D eigenvalue weighted by Gasteiger charge is 2.26. The monoisotopic (exact) mass is 205 g/mol. The van der Waals surface area contributed by atoms with E-state index in [0.29, 0.717) is 0 Å². The van der Waals surface area contributed by atoms with Crippen molar-refractivity contribution in [3.63, 3.8) is 0 Å². The van der Waals surface area contributed by atoms with E-state index in [0.717, 1.165) is 17.7 Å². The highest BCUT2D eigenvalue weighted by molar-refractivity contribution is 6.02. The van der Waals surface area contributed by atoms with Crippen LogP contribution >= 0.6 is 0 Å². The second-order valence-corrected chi connectivity index (χ2v) is 4.35. The van der Waals surface area contributed by atoms with E-state index in [2.05, 4.69) is 5.32 Å². The third-order valence-corrected chi connectivity index (χ3v) is 2.47. The predicted molar refractivity (Wildman–Crippen MR) is 63.3 cm³/mol. The molecule has 0 aliphatic rings. The SMILES string of the molecule is CCNC(C)(C)C(=O)c1cccc(C)c1. The molecule has 1 rings (SSSR count). The topological polar surface area (TPSA) is 29.1 Å². The summed E-state index contributed by atoms with van der Waals surface area (Å²) in [7, 11) is 0. The van der Waals surface area contributed by atoms with Crippen LogP contribution in [-0.2, 0) is 0 Å². The highest BCUT2D eigenvalue weighted by Crippen LogP contribution is 2.13. The molecule has 0 aliphatic heterocycles. The summed E-state index contributed by atoms with van der Waals surface area (Å²) in [4.78, 5) is 12.1. The summed E-state index contributed by atoms with van der Waals surface area (Å²) in [6.07, 6.45) is 0. The summed E-state index contributed by atoms with van der Waals surface area (Å²) >= 11 is 0. The molecule has 0 saturated heterocycles. The summed E-state index contributed by atoms with van der Waals surface area (Å²) in [5.41, 5.74) is 1.41. The van der Waals surface area contributed by atoms with Gasteiger partial charge in [-0.15, -0.1) is 0 Å². The normalized spacial score (nSPS) is 11.5. The minimum absolute atomic E-state index is 0.146. The fraction of sp³-hybridized carbons (Fsp3) is 0.462. The van der Waals surface area contributed by atoms with Gasteiger partial charge in [0.15, 0.2) is 5.78 Å². The van der Waals surface area contributed by atoms with Gasteiger partial charge in [-0.2, -0.15) is 0 Å². The summed E-state index contributed by atoms with van der Waals surface area (Å²) < 4.78 is 0. The Morgan fingerprint density at radius 1 is 1.40 bits per heavy atom. The molecule has 0 radical (unpaired) electrons. The number of benzene rings is 1. The van der Waals surface area contributed by atoms with Crippen molar-refractivity contribution in [1.29, 1.82) is 0 Å². The lowest BCUT2D eigenvalue weighted by molar-refractivity contribution is 0.0884. The van der Waals surface area contributed by atoms with Gasteiger partial charge in [0.25, 0.3) is 0 Å². The minimum Gasteiger partial charge on any atom is -0.305 e. The van der Waals surface area contributed by atoms with Crippen molar-refractivity contribution >= 4 is 5.78 Å². The van der Waals surface area contributed by atoms with Crippen molar-refractivity contribution in [2.45, 2.75) is 33.2 Å². The molecule has 0 unspecified atom stereocenters. The number of aryl methyl sites for hydroxylation is 1. The Labute approximate surface area is 91.7 Å². The Balaban J connectivity index is 2.94. The number of carbonyl (C=O) groups is 1. The quantitative estimate of drug-likeness (QED) is 0.765. The predicted octanol–water partition coefficient (Wildman–Crippen LogP) is 2.57. The van der Waals surface area contributed by atoms with Crippen molar-refractivity contribution in [2.24, 2.45) is 0 Å². The molecule has 0 bridgehead atoms. The van der Waals surface area contributed by atoms with Gasteiger partial charge < -0.3 is 5.32 Å². The van der Waals surface area contributed by atoms with Crippen LogP contribution in [0.5, 0.6) is 0 Å². The zero-order chi connectivity index (χ0) is 11.5. The first-order valence-electron chi connectivity index (χ1n) is 5.34. The van der Waals surface area contributed by atoms with Crippen LogP contribution in [-0.4, -0.2) is 17.9 Å². The summed E-state index contributed by atoms with van der Waals surface area (Å²) in [5.74, 6) is 0.146. The molecule has 1 aromatic rings. The molecule has 0 saturated carbocycles. The Hall–Kier alpha value is -1.15. The zero-order valence-electron chi connectivity index (χ0n) is 9.92. The molecular formula is C13H19NO. The molecule has 2 nitrogen and oxygen atoms in total. The Kier molecular flexibility index (Phi) is 3.64. The van der Waals surface area contributed by atoms with Gasteiger partial charge in [0.2, 0.25) is 0 Å². The van der Waals surface area contributed by atoms with Gasteiger partial charge in [0, 0.05) is 5.56 Å². The van der Waals surface area contributed by atoms with Crippen LogP contribution in [0.3, 0.4) is 0 Å². The van der Waals surface area contributed by atoms with Crippen LogP contribution in [0.25, 0.3) is 0 Å². The van der Waals surface area contributed by atoms with Gasteiger partial charge in [-0.3, -0.25) is 4.79 Å². The molecule has 0 aliphatic carbocycles. The summed E-state index contributed by atoms with van der Waals surface area (Å²) in [6, 6.07) is 7.72. The summed E-state index contributed by atoms with van der Waals surface area (Å²) in [6.45, 7) is 8.63. The largest absolute Gasteiger partial charge is 0.305 e. The van der Waals surface area contributed by atoms with Crippen molar-refractivity contribution in [2.75, 3.05) is 6.54 Å². The van der Waals surface area contributed by atoms with E-state index in [4.69, 9.17) is 0 Å².